The highest BCUT2D eigenvalue weighted by atomic mass is 35.5. The number of amides is 1. The molecule has 5 nitrogen and oxygen atoms in total. The van der Waals surface area contributed by atoms with Crippen LogP contribution in [0.3, 0.4) is 0 Å². The lowest BCUT2D eigenvalue weighted by atomic mass is 9.77. The van der Waals surface area contributed by atoms with Gasteiger partial charge in [0.25, 0.3) is 0 Å². The van der Waals surface area contributed by atoms with Crippen molar-refractivity contribution in [3.05, 3.63) is 35.9 Å². The topological polar surface area (TPSA) is 47.6 Å². The molecule has 0 bridgehead atoms. The molecule has 3 fully saturated rings. The largest absolute Gasteiger partial charge is 0.339 e. The third-order valence-electron chi connectivity index (χ3n) is 6.26. The molecule has 152 valence electrons. The fourth-order valence-electron chi connectivity index (χ4n) is 4.62. The summed E-state index contributed by atoms with van der Waals surface area (Å²) in [6.45, 7) is 7.86. The second-order valence-corrected chi connectivity index (χ2v) is 7.97. The van der Waals surface area contributed by atoms with Crippen molar-refractivity contribution in [2.24, 2.45) is 5.41 Å². The van der Waals surface area contributed by atoms with Crippen molar-refractivity contribution >= 4 is 30.7 Å². The molecular weight excluding hydrogens is 383 g/mol. The van der Waals surface area contributed by atoms with Crippen molar-refractivity contribution in [3.8, 4) is 0 Å². The lowest BCUT2D eigenvalue weighted by Gasteiger charge is -2.36. The first-order chi connectivity index (χ1) is 12.2. The van der Waals surface area contributed by atoms with E-state index in [1.54, 1.807) is 0 Å². The molecule has 0 radical (unpaired) electrons. The summed E-state index contributed by atoms with van der Waals surface area (Å²) in [4.78, 5) is 17.5. The first kappa shape index (κ1) is 22.4. The molecule has 7 heteroatoms. The lowest BCUT2D eigenvalue weighted by molar-refractivity contribution is -0.135. The number of nitrogens with one attached hydrogen (secondary N) is 2. The summed E-state index contributed by atoms with van der Waals surface area (Å²) < 4.78 is 0. The third-order valence-corrected chi connectivity index (χ3v) is 6.26. The van der Waals surface area contributed by atoms with Gasteiger partial charge in [-0.1, -0.05) is 30.3 Å². The number of benzene rings is 1. The number of carbonyl (C=O) groups excluding carboxylic acids is 1. The van der Waals surface area contributed by atoms with E-state index in [-0.39, 0.29) is 30.9 Å². The first-order valence-electron chi connectivity index (χ1n) is 9.73. The number of halogens is 2. The third kappa shape index (κ3) is 5.36. The Bertz CT molecular complexity index is 587. The zero-order valence-electron chi connectivity index (χ0n) is 15.9. The molecular formula is C20H32Cl2N4O. The molecule has 0 aliphatic carbocycles. The number of rotatable bonds is 3. The van der Waals surface area contributed by atoms with Crippen molar-refractivity contribution < 1.29 is 4.79 Å². The van der Waals surface area contributed by atoms with Gasteiger partial charge in [-0.3, -0.25) is 9.69 Å². The molecule has 1 aromatic carbocycles. The van der Waals surface area contributed by atoms with Crippen LogP contribution < -0.4 is 10.6 Å². The molecule has 1 spiro atoms. The molecule has 3 saturated heterocycles. The molecule has 1 amide bonds. The zero-order chi connectivity index (χ0) is 17.1. The minimum atomic E-state index is 0. The van der Waals surface area contributed by atoms with E-state index in [1.165, 1.54) is 18.4 Å². The molecule has 1 atom stereocenters. The van der Waals surface area contributed by atoms with Crippen molar-refractivity contribution in [3.63, 3.8) is 0 Å². The van der Waals surface area contributed by atoms with Crippen LogP contribution in [-0.4, -0.2) is 67.6 Å². The highest BCUT2D eigenvalue weighted by Crippen LogP contribution is 2.37. The van der Waals surface area contributed by atoms with E-state index in [0.717, 1.165) is 58.8 Å². The summed E-state index contributed by atoms with van der Waals surface area (Å²) in [7, 11) is 0. The van der Waals surface area contributed by atoms with Gasteiger partial charge in [0.1, 0.15) is 0 Å². The van der Waals surface area contributed by atoms with Crippen LogP contribution in [0, 0.1) is 5.41 Å². The second kappa shape index (κ2) is 10.1. The molecule has 1 aromatic rings. The molecule has 0 aromatic heterocycles. The van der Waals surface area contributed by atoms with Gasteiger partial charge in [0.15, 0.2) is 0 Å². The van der Waals surface area contributed by atoms with Crippen LogP contribution in [-0.2, 0) is 11.3 Å². The molecule has 0 saturated carbocycles. The van der Waals surface area contributed by atoms with Crippen LogP contribution in [0.15, 0.2) is 30.3 Å². The van der Waals surface area contributed by atoms with Gasteiger partial charge < -0.3 is 15.5 Å². The van der Waals surface area contributed by atoms with Crippen LogP contribution in [0.2, 0.25) is 0 Å². The summed E-state index contributed by atoms with van der Waals surface area (Å²) in [5.41, 5.74) is 1.72. The van der Waals surface area contributed by atoms with Crippen molar-refractivity contribution in [1.29, 1.82) is 0 Å². The fourth-order valence-corrected chi connectivity index (χ4v) is 4.62. The highest BCUT2D eigenvalue weighted by Gasteiger charge is 2.43. The van der Waals surface area contributed by atoms with Crippen molar-refractivity contribution in [2.45, 2.75) is 31.8 Å². The Labute approximate surface area is 175 Å². The summed E-state index contributed by atoms with van der Waals surface area (Å²) in [6, 6.07) is 10.6. The number of nitrogens with zero attached hydrogens (tertiary/aromatic N) is 2. The minimum absolute atomic E-state index is 0. The van der Waals surface area contributed by atoms with Gasteiger partial charge in [-0.15, -0.1) is 24.8 Å². The number of hydrogen-bond donors (Lipinski definition) is 2. The van der Waals surface area contributed by atoms with Crippen LogP contribution in [0.25, 0.3) is 0 Å². The van der Waals surface area contributed by atoms with E-state index < -0.39 is 0 Å². The van der Waals surface area contributed by atoms with E-state index in [1.807, 2.05) is 0 Å². The Kier molecular flexibility index (Phi) is 8.38. The monoisotopic (exact) mass is 414 g/mol. The highest BCUT2D eigenvalue weighted by molar-refractivity contribution is 5.85. The van der Waals surface area contributed by atoms with Crippen molar-refractivity contribution in [2.75, 3.05) is 45.8 Å². The Morgan fingerprint density at radius 3 is 2.37 bits per heavy atom. The molecule has 4 rings (SSSR count). The summed E-state index contributed by atoms with van der Waals surface area (Å²) in [5.74, 6) is 0.328. The Hall–Kier alpha value is -0.850. The zero-order valence-corrected chi connectivity index (χ0v) is 17.5. The smallest absolute Gasteiger partial charge is 0.239 e. The Morgan fingerprint density at radius 2 is 1.70 bits per heavy atom. The standard InChI is InChI=1S/C20H30N4O.2ClH/c25-19(18-14-20(16-22-18)6-8-21-9-7-20)24-12-10-23(11-13-24)15-17-4-2-1-3-5-17;;/h1-5,18,21-22H,6-16H2;2*1H. The van der Waals surface area contributed by atoms with E-state index in [0.29, 0.717) is 11.3 Å². The number of carbonyl (C=O) groups is 1. The summed E-state index contributed by atoms with van der Waals surface area (Å²) >= 11 is 0. The number of piperazine rings is 1. The Balaban J connectivity index is 0.00000131. The molecule has 2 N–H and O–H groups in total. The van der Waals surface area contributed by atoms with Gasteiger partial charge in [-0.25, -0.2) is 0 Å². The molecule has 27 heavy (non-hydrogen) atoms. The minimum Gasteiger partial charge on any atom is -0.339 e. The van der Waals surface area contributed by atoms with Crippen LogP contribution in [0.5, 0.6) is 0 Å². The summed E-state index contributed by atoms with van der Waals surface area (Å²) in [6.07, 6.45) is 3.43. The van der Waals surface area contributed by atoms with Crippen LogP contribution in [0.1, 0.15) is 24.8 Å². The molecule has 3 heterocycles. The number of hydrogen-bond acceptors (Lipinski definition) is 4. The molecule has 1 unspecified atom stereocenters. The predicted molar refractivity (Wildman–Crippen MR) is 114 cm³/mol. The maximum Gasteiger partial charge on any atom is 0.239 e. The van der Waals surface area contributed by atoms with E-state index in [2.05, 4.69) is 50.8 Å². The quantitative estimate of drug-likeness (QED) is 0.792. The second-order valence-electron chi connectivity index (χ2n) is 7.97. The normalized spacial score (nSPS) is 24.9. The van der Waals surface area contributed by atoms with Crippen LogP contribution >= 0.6 is 24.8 Å². The lowest BCUT2D eigenvalue weighted by Crippen LogP contribution is -2.52. The maximum atomic E-state index is 12.9. The van der Waals surface area contributed by atoms with E-state index in [9.17, 15) is 4.79 Å². The average Bonchev–Trinajstić information content (AvgIpc) is 3.06. The Morgan fingerprint density at radius 1 is 1.04 bits per heavy atom. The van der Waals surface area contributed by atoms with E-state index >= 15 is 0 Å². The predicted octanol–water partition coefficient (Wildman–Crippen LogP) is 1.91. The molecule has 3 aliphatic heterocycles. The van der Waals surface area contributed by atoms with Gasteiger partial charge in [-0.2, -0.15) is 0 Å². The first-order valence-corrected chi connectivity index (χ1v) is 9.73. The number of piperidine rings is 1. The van der Waals surface area contributed by atoms with Gasteiger partial charge in [0.2, 0.25) is 5.91 Å². The van der Waals surface area contributed by atoms with Gasteiger partial charge >= 0.3 is 0 Å². The van der Waals surface area contributed by atoms with Crippen molar-refractivity contribution in [1.82, 2.24) is 20.4 Å². The fraction of sp³-hybridized carbons (Fsp3) is 0.650. The summed E-state index contributed by atoms with van der Waals surface area (Å²) in [5, 5.41) is 6.97. The van der Waals surface area contributed by atoms with Gasteiger partial charge in [0.05, 0.1) is 6.04 Å². The van der Waals surface area contributed by atoms with Gasteiger partial charge in [-0.05, 0) is 43.3 Å². The van der Waals surface area contributed by atoms with Crippen LogP contribution in [0.4, 0.5) is 0 Å². The SMILES string of the molecule is Cl.Cl.O=C(C1CC2(CCNCC2)CN1)N1CCN(Cc2ccccc2)CC1. The van der Waals surface area contributed by atoms with E-state index in [4.69, 9.17) is 0 Å². The average molecular weight is 415 g/mol. The molecule has 3 aliphatic rings. The maximum absolute atomic E-state index is 12.9. The van der Waals surface area contributed by atoms with Gasteiger partial charge in [0, 0.05) is 39.3 Å².